The first-order valence-electron chi connectivity index (χ1n) is 0. The van der Waals surface area contributed by atoms with Crippen LogP contribution in [-0.4, -0.2) is 83.1 Å². The topological polar surface area (TPSA) is 0 Å². The van der Waals surface area contributed by atoms with E-state index >= 15 is 0 Å². The van der Waals surface area contributed by atoms with E-state index in [2.05, 4.69) is 0 Å². The Hall–Kier alpha value is 2.69. The van der Waals surface area contributed by atoms with E-state index < -0.39 is 0 Å². The summed E-state index contributed by atoms with van der Waals surface area (Å²) in [6.45, 7) is 0. The molecule has 0 aliphatic rings. The van der Waals surface area contributed by atoms with Gasteiger partial charge in [-0.3, -0.25) is 0 Å². The molecule has 4 heavy (non-hydrogen) atoms. The van der Waals surface area contributed by atoms with Crippen LogP contribution in [0.2, 0.25) is 0 Å². The summed E-state index contributed by atoms with van der Waals surface area (Å²) in [7, 11) is 0. The second-order valence-corrected chi connectivity index (χ2v) is 0. The van der Waals surface area contributed by atoms with Crippen LogP contribution in [0.5, 0.6) is 0 Å². The zero-order chi connectivity index (χ0) is 0. The maximum atomic E-state index is 0. The van der Waals surface area contributed by atoms with Gasteiger partial charge in [-0.05, 0) is 0 Å². The molecule has 0 rings (SSSR count). The smallest absolute Gasteiger partial charge is 0 e. The van der Waals surface area contributed by atoms with Gasteiger partial charge in [0.2, 0.25) is 0 Å². The summed E-state index contributed by atoms with van der Waals surface area (Å²) < 4.78 is 0. The quantitative estimate of drug-likeness (QED) is 0.431. The van der Waals surface area contributed by atoms with Crippen molar-refractivity contribution in [1.29, 1.82) is 0 Å². The van der Waals surface area contributed by atoms with Crippen molar-refractivity contribution in [3.63, 3.8) is 0 Å². The average molecular weight is 403 g/mol. The molecule has 0 N–H and O–H groups in total. The van der Waals surface area contributed by atoms with E-state index in [1.165, 1.54) is 0 Å². The zero-order valence-electron chi connectivity index (χ0n) is 1.71. The molecule has 0 heterocycles. The van der Waals surface area contributed by atoms with Crippen LogP contribution in [0, 0.1) is 0 Å². The first-order chi connectivity index (χ1) is 0. The normalized spacial score (nSPS) is 0. The molecular weight excluding hydrogens is 403 g/mol. The molecule has 0 unspecified atom stereocenters. The van der Waals surface area contributed by atoms with Gasteiger partial charge in [-0.15, -0.1) is 0 Å². The van der Waals surface area contributed by atoms with Crippen LogP contribution in [0.1, 0.15) is 0 Å². The molecular formula is AsSbSeTe. The second-order valence-electron chi connectivity index (χ2n) is 0. The first kappa shape index (κ1) is 30.0. The van der Waals surface area contributed by atoms with E-state index in [0.29, 0.717) is 0 Å². The van der Waals surface area contributed by atoms with E-state index in [4.69, 9.17) is 0 Å². The van der Waals surface area contributed by atoms with E-state index in [-0.39, 0.29) is 83.1 Å². The number of hydrogen-bond acceptors (Lipinski definition) is 0. The third-order valence-corrected chi connectivity index (χ3v) is 0. The molecule has 0 aromatic carbocycles. The number of rotatable bonds is 0. The molecule has 0 fully saturated rings. The molecule has 0 atom stereocenters. The fourth-order valence-corrected chi connectivity index (χ4v) is 0. The Balaban J connectivity index is 0. The van der Waals surface area contributed by atoms with Gasteiger partial charge in [0.05, 0.1) is 0 Å². The molecule has 0 aliphatic heterocycles. The Morgan fingerprint density at radius 2 is 1.00 bits per heavy atom. The van der Waals surface area contributed by atoms with Crippen molar-refractivity contribution in [2.45, 2.75) is 0 Å². The maximum Gasteiger partial charge on any atom is 0 e. The Morgan fingerprint density at radius 1 is 1.00 bits per heavy atom. The van der Waals surface area contributed by atoms with Gasteiger partial charge in [0, 0.05) is 83.1 Å². The van der Waals surface area contributed by atoms with E-state index in [9.17, 15) is 0 Å². The molecule has 0 saturated heterocycles. The van der Waals surface area contributed by atoms with Gasteiger partial charge in [-0.25, -0.2) is 0 Å². The summed E-state index contributed by atoms with van der Waals surface area (Å²) in [6, 6.07) is 0. The fourth-order valence-electron chi connectivity index (χ4n) is 0. The van der Waals surface area contributed by atoms with E-state index in [0.717, 1.165) is 0 Å². The van der Waals surface area contributed by atoms with Crippen molar-refractivity contribution < 1.29 is 0 Å². The maximum absolute atomic E-state index is 0. The Bertz CT molecular complexity index is 8.00. The summed E-state index contributed by atoms with van der Waals surface area (Å²) in [5.74, 6) is 0. The predicted octanol–water partition coefficient (Wildman–Crippen LogP) is -1.52. The van der Waals surface area contributed by atoms with Crippen LogP contribution in [0.4, 0.5) is 0 Å². The van der Waals surface area contributed by atoms with Gasteiger partial charge in [0.25, 0.3) is 0 Å². The van der Waals surface area contributed by atoms with Gasteiger partial charge in [-0.2, -0.15) is 0 Å². The summed E-state index contributed by atoms with van der Waals surface area (Å²) in [4.78, 5) is 0. The first-order valence-corrected chi connectivity index (χ1v) is 0. The zero-order valence-corrected chi connectivity index (χ0v) is 10.2. The van der Waals surface area contributed by atoms with Gasteiger partial charge in [-0.1, -0.05) is 0 Å². The molecule has 0 nitrogen and oxygen atoms in total. The van der Waals surface area contributed by atoms with Crippen molar-refractivity contribution in [2.75, 3.05) is 0 Å². The second kappa shape index (κ2) is 17.3. The molecule has 0 aromatic rings. The minimum Gasteiger partial charge on any atom is 0 e. The standard InChI is InChI=1S/As.Sb.Se.Te. The molecule has 0 bridgehead atoms. The number of hydrogen-bond donors (Lipinski definition) is 0. The monoisotopic (exact) mass is 406 g/mol. The van der Waals surface area contributed by atoms with Crippen molar-refractivity contribution in [1.82, 2.24) is 0 Å². The van der Waals surface area contributed by atoms with Gasteiger partial charge in [0.15, 0.2) is 0 Å². The van der Waals surface area contributed by atoms with Crippen LogP contribution in [-0.2, 0) is 0 Å². The third-order valence-electron chi connectivity index (χ3n) is 0. The summed E-state index contributed by atoms with van der Waals surface area (Å²) >= 11 is 0. The van der Waals surface area contributed by atoms with Gasteiger partial charge < -0.3 is 0 Å². The van der Waals surface area contributed by atoms with Crippen molar-refractivity contribution in [3.05, 3.63) is 0 Å². The minimum atomic E-state index is 0. The predicted molar refractivity (Wildman–Crippen MR) is 23.0 cm³/mol. The Kier molecular flexibility index (Phi) is 130. The average Bonchev–Trinajstić information content (AvgIpc) is 0. The summed E-state index contributed by atoms with van der Waals surface area (Å²) in [5.41, 5.74) is 0. The molecule has 0 spiro atoms. The van der Waals surface area contributed by atoms with Crippen molar-refractivity contribution in [3.8, 4) is 0 Å². The fraction of sp³-hybridized carbons (Fsp3) is 0. The van der Waals surface area contributed by atoms with Gasteiger partial charge in [0.1, 0.15) is 0 Å². The van der Waals surface area contributed by atoms with Crippen LogP contribution >= 0.6 is 0 Å². The van der Waals surface area contributed by atoms with Crippen LogP contribution in [0.25, 0.3) is 0 Å². The summed E-state index contributed by atoms with van der Waals surface area (Å²) in [5, 5.41) is 0. The Morgan fingerprint density at radius 3 is 1.00 bits per heavy atom. The molecule has 0 amide bonds. The molecule has 0 aliphatic carbocycles. The van der Waals surface area contributed by atoms with Crippen molar-refractivity contribution in [2.24, 2.45) is 0 Å². The Labute approximate surface area is 81.8 Å². The van der Waals surface area contributed by atoms with E-state index in [1.807, 2.05) is 0 Å². The molecule has 4 heteroatoms. The third kappa shape index (κ3) is 8.82. The summed E-state index contributed by atoms with van der Waals surface area (Å²) in [6.07, 6.45) is 0. The molecule has 0 aromatic heterocycles. The largest absolute Gasteiger partial charge is 0 e. The minimum absolute atomic E-state index is 0. The van der Waals surface area contributed by atoms with Crippen LogP contribution in [0.3, 0.4) is 0 Å². The van der Waals surface area contributed by atoms with Crippen LogP contribution in [0.15, 0.2) is 0 Å². The van der Waals surface area contributed by atoms with Gasteiger partial charge >= 0.3 is 0 Å². The molecule has 0 saturated carbocycles. The molecule has 10 radical (unpaired) electrons. The SMILES string of the molecule is [As].[Sb].[Se].[Te]. The van der Waals surface area contributed by atoms with Crippen molar-refractivity contribution >= 4 is 83.1 Å². The van der Waals surface area contributed by atoms with E-state index in [1.54, 1.807) is 0 Å². The molecule has 22 valence electrons. The van der Waals surface area contributed by atoms with Crippen LogP contribution < -0.4 is 0 Å².